The summed E-state index contributed by atoms with van der Waals surface area (Å²) in [5.74, 6) is -1.19. The number of ketones is 1. The van der Waals surface area contributed by atoms with Crippen molar-refractivity contribution >= 4 is 29.1 Å². The summed E-state index contributed by atoms with van der Waals surface area (Å²) in [7, 11) is 5.17. The smallest absolute Gasteiger partial charge is 0.295 e. The SMILES string of the molecule is COc1c(Cl)cc(C)cc1/C(O)=C1/C(=O)C(=O)N(CCN(C)C)C1c1ccco1. The lowest BCUT2D eigenvalue weighted by molar-refractivity contribution is -0.140. The van der Waals surface area contributed by atoms with E-state index in [-0.39, 0.29) is 22.6 Å². The van der Waals surface area contributed by atoms with E-state index in [0.717, 1.165) is 5.56 Å². The second-order valence-corrected chi connectivity index (χ2v) is 7.55. The molecule has 8 heteroatoms. The zero-order chi connectivity index (χ0) is 21.3. The number of likely N-dealkylation sites (tertiary alicyclic amines) is 1. The largest absolute Gasteiger partial charge is 0.507 e. The molecule has 0 radical (unpaired) electrons. The molecule has 1 unspecified atom stereocenters. The number of benzene rings is 1. The van der Waals surface area contributed by atoms with Crippen molar-refractivity contribution in [2.75, 3.05) is 34.3 Å². The number of rotatable bonds is 6. The van der Waals surface area contributed by atoms with Gasteiger partial charge in [0.25, 0.3) is 11.7 Å². The summed E-state index contributed by atoms with van der Waals surface area (Å²) < 4.78 is 10.8. The first-order valence-electron chi connectivity index (χ1n) is 9.07. The number of furan rings is 1. The van der Waals surface area contributed by atoms with E-state index in [1.807, 2.05) is 25.9 Å². The van der Waals surface area contributed by atoms with Crippen LogP contribution in [0.2, 0.25) is 5.02 Å². The van der Waals surface area contributed by atoms with Crippen LogP contribution in [0.4, 0.5) is 0 Å². The minimum Gasteiger partial charge on any atom is -0.507 e. The molecule has 1 saturated heterocycles. The fourth-order valence-corrected chi connectivity index (χ4v) is 3.77. The standard InChI is InChI=1S/C21H23ClN2O5/c1-12-10-13(20(28-4)14(22)11-12)18(25)16-17(15-6-5-9-29-15)24(8-7-23(2)3)21(27)19(16)26/h5-6,9-11,17,25H,7-8H2,1-4H3/b18-16-. The Balaban J connectivity index is 2.20. The molecule has 2 heterocycles. The van der Waals surface area contributed by atoms with Gasteiger partial charge >= 0.3 is 0 Å². The molecule has 3 rings (SSSR count). The topological polar surface area (TPSA) is 83.2 Å². The lowest BCUT2D eigenvalue weighted by Gasteiger charge is -2.24. The zero-order valence-electron chi connectivity index (χ0n) is 16.7. The Kier molecular flexibility index (Phi) is 6.00. The summed E-state index contributed by atoms with van der Waals surface area (Å²) in [6.45, 7) is 2.65. The molecule has 0 bridgehead atoms. The predicted molar refractivity (Wildman–Crippen MR) is 109 cm³/mol. The van der Waals surface area contributed by atoms with Gasteiger partial charge in [-0.3, -0.25) is 9.59 Å². The first-order chi connectivity index (χ1) is 13.8. The third kappa shape index (κ3) is 3.88. The zero-order valence-corrected chi connectivity index (χ0v) is 17.5. The third-order valence-electron chi connectivity index (χ3n) is 4.79. The van der Waals surface area contributed by atoms with E-state index in [9.17, 15) is 14.7 Å². The van der Waals surface area contributed by atoms with Crippen LogP contribution in [0.15, 0.2) is 40.5 Å². The second-order valence-electron chi connectivity index (χ2n) is 7.14. The van der Waals surface area contributed by atoms with Crippen LogP contribution in [-0.4, -0.2) is 60.9 Å². The van der Waals surface area contributed by atoms with E-state index >= 15 is 0 Å². The normalized spacial score (nSPS) is 18.7. The number of aliphatic hydroxyl groups excluding tert-OH is 1. The molecular weight excluding hydrogens is 396 g/mol. The van der Waals surface area contributed by atoms with E-state index in [4.69, 9.17) is 20.8 Å². The Morgan fingerprint density at radius 2 is 2.07 bits per heavy atom. The van der Waals surface area contributed by atoms with Gasteiger partial charge in [0.2, 0.25) is 0 Å². The number of hydrogen-bond acceptors (Lipinski definition) is 6. The molecule has 1 N–H and O–H groups in total. The molecule has 1 aromatic heterocycles. The fraction of sp³-hybridized carbons (Fsp3) is 0.333. The highest BCUT2D eigenvalue weighted by atomic mass is 35.5. The molecule has 1 fully saturated rings. The van der Waals surface area contributed by atoms with Gasteiger partial charge in [-0.05, 0) is 50.8 Å². The van der Waals surface area contributed by atoms with Crippen LogP contribution >= 0.6 is 11.6 Å². The predicted octanol–water partition coefficient (Wildman–Crippen LogP) is 3.23. The second kappa shape index (κ2) is 8.31. The van der Waals surface area contributed by atoms with Gasteiger partial charge in [-0.1, -0.05) is 11.6 Å². The number of likely N-dealkylation sites (N-methyl/N-ethyl adjacent to an activating group) is 1. The molecule has 0 saturated carbocycles. The van der Waals surface area contributed by atoms with Crippen molar-refractivity contribution in [2.24, 2.45) is 0 Å². The highest BCUT2D eigenvalue weighted by Gasteiger charge is 2.47. The number of nitrogens with zero attached hydrogens (tertiary/aromatic N) is 2. The van der Waals surface area contributed by atoms with Gasteiger partial charge in [-0.25, -0.2) is 0 Å². The first kappa shape index (κ1) is 21.0. The lowest BCUT2D eigenvalue weighted by Crippen LogP contribution is -2.35. The van der Waals surface area contributed by atoms with Crippen LogP contribution in [-0.2, 0) is 9.59 Å². The summed E-state index contributed by atoms with van der Waals surface area (Å²) in [6, 6.07) is 5.86. The number of methoxy groups -OCH3 is 1. The van der Waals surface area contributed by atoms with E-state index in [1.165, 1.54) is 18.3 Å². The molecular formula is C21H23ClN2O5. The average molecular weight is 419 g/mol. The van der Waals surface area contributed by atoms with Crippen LogP contribution in [0.5, 0.6) is 5.75 Å². The number of aryl methyl sites for hydroxylation is 1. The maximum absolute atomic E-state index is 12.9. The van der Waals surface area contributed by atoms with Crippen LogP contribution in [0.25, 0.3) is 5.76 Å². The number of ether oxygens (including phenoxy) is 1. The van der Waals surface area contributed by atoms with Crippen molar-refractivity contribution in [3.05, 3.63) is 58.0 Å². The number of aliphatic hydroxyl groups is 1. The molecule has 1 aliphatic heterocycles. The van der Waals surface area contributed by atoms with Crippen molar-refractivity contribution < 1.29 is 23.8 Å². The minimum absolute atomic E-state index is 0.0522. The maximum Gasteiger partial charge on any atom is 0.295 e. The van der Waals surface area contributed by atoms with Crippen LogP contribution in [0.1, 0.15) is 22.9 Å². The van der Waals surface area contributed by atoms with Crippen molar-refractivity contribution in [3.63, 3.8) is 0 Å². The summed E-state index contributed by atoms with van der Waals surface area (Å²) in [5, 5.41) is 11.4. The van der Waals surface area contributed by atoms with Crippen LogP contribution in [0, 0.1) is 6.92 Å². The third-order valence-corrected chi connectivity index (χ3v) is 5.07. The fourth-order valence-electron chi connectivity index (χ4n) is 3.42. The molecule has 154 valence electrons. The number of carbonyl (C=O) groups is 2. The quantitative estimate of drug-likeness (QED) is 0.440. The summed E-state index contributed by atoms with van der Waals surface area (Å²) >= 11 is 6.25. The van der Waals surface area contributed by atoms with Gasteiger partial charge in [0.15, 0.2) is 0 Å². The Bertz CT molecular complexity index is 966. The monoisotopic (exact) mass is 418 g/mol. The van der Waals surface area contributed by atoms with E-state index in [1.54, 1.807) is 24.3 Å². The van der Waals surface area contributed by atoms with Crippen molar-refractivity contribution in [3.8, 4) is 5.75 Å². The van der Waals surface area contributed by atoms with E-state index < -0.39 is 17.7 Å². The van der Waals surface area contributed by atoms with Gasteiger partial charge in [0.05, 0.1) is 29.5 Å². The maximum atomic E-state index is 12.9. The number of carbonyl (C=O) groups excluding carboxylic acids is 2. The van der Waals surface area contributed by atoms with Crippen LogP contribution < -0.4 is 4.74 Å². The molecule has 2 aromatic rings. The number of Topliss-reactive ketones (excluding diaryl/α,β-unsaturated/α-hetero) is 1. The van der Waals surface area contributed by atoms with Gasteiger partial charge in [0.1, 0.15) is 23.3 Å². The first-order valence-corrected chi connectivity index (χ1v) is 9.45. The highest BCUT2D eigenvalue weighted by Crippen LogP contribution is 2.42. The molecule has 1 aromatic carbocycles. The molecule has 0 spiro atoms. The van der Waals surface area contributed by atoms with Gasteiger partial charge < -0.3 is 24.1 Å². The molecule has 1 aliphatic rings. The molecule has 7 nitrogen and oxygen atoms in total. The highest BCUT2D eigenvalue weighted by molar-refractivity contribution is 6.46. The van der Waals surface area contributed by atoms with Gasteiger partial charge in [-0.15, -0.1) is 0 Å². The van der Waals surface area contributed by atoms with Gasteiger partial charge in [0, 0.05) is 13.1 Å². The summed E-state index contributed by atoms with van der Waals surface area (Å²) in [4.78, 5) is 29.0. The van der Waals surface area contributed by atoms with Crippen molar-refractivity contribution in [1.29, 1.82) is 0 Å². The molecule has 1 amide bonds. The lowest BCUT2D eigenvalue weighted by atomic mass is 9.98. The minimum atomic E-state index is -0.839. The van der Waals surface area contributed by atoms with Crippen LogP contribution in [0.3, 0.4) is 0 Å². The molecule has 0 aliphatic carbocycles. The Hall–Kier alpha value is -2.77. The Morgan fingerprint density at radius 3 is 2.66 bits per heavy atom. The number of halogens is 1. The summed E-state index contributed by atoms with van der Waals surface area (Å²) in [6.07, 6.45) is 1.46. The number of amides is 1. The average Bonchev–Trinajstić information content (AvgIpc) is 3.26. The van der Waals surface area contributed by atoms with Gasteiger partial charge in [-0.2, -0.15) is 0 Å². The van der Waals surface area contributed by atoms with E-state index in [2.05, 4.69) is 0 Å². The van der Waals surface area contributed by atoms with Crippen molar-refractivity contribution in [2.45, 2.75) is 13.0 Å². The Morgan fingerprint density at radius 1 is 1.34 bits per heavy atom. The van der Waals surface area contributed by atoms with E-state index in [0.29, 0.717) is 23.9 Å². The number of hydrogen-bond donors (Lipinski definition) is 1. The Labute approximate surface area is 174 Å². The van der Waals surface area contributed by atoms with Crippen molar-refractivity contribution in [1.82, 2.24) is 9.80 Å². The summed E-state index contributed by atoms with van der Waals surface area (Å²) in [5.41, 5.74) is 0.970. The molecule has 29 heavy (non-hydrogen) atoms. The molecule has 1 atom stereocenters.